The molecule has 0 fully saturated rings. The highest BCUT2D eigenvalue weighted by Crippen LogP contribution is 2.10. The van der Waals surface area contributed by atoms with Crippen LogP contribution >= 0.6 is 0 Å². The molecule has 0 saturated heterocycles. The number of aromatic nitrogens is 2. The minimum absolute atomic E-state index is 0.602. The van der Waals surface area contributed by atoms with Crippen LogP contribution in [0.5, 0.6) is 0 Å². The van der Waals surface area contributed by atoms with Gasteiger partial charge in [0.2, 0.25) is 0 Å². The number of rotatable bonds is 4. The third kappa shape index (κ3) is 1.62. The number of imidazole rings is 1. The van der Waals surface area contributed by atoms with Crippen molar-refractivity contribution in [2.75, 3.05) is 0 Å². The quantitative estimate of drug-likeness (QED) is 0.681. The van der Waals surface area contributed by atoms with E-state index in [1.54, 1.807) is 18.5 Å². The van der Waals surface area contributed by atoms with Crippen LogP contribution in [0.15, 0.2) is 37.7 Å². The van der Waals surface area contributed by atoms with Crippen LogP contribution < -0.4 is 0 Å². The van der Waals surface area contributed by atoms with Gasteiger partial charge in [-0.25, -0.2) is 4.98 Å². The summed E-state index contributed by atoms with van der Waals surface area (Å²) >= 11 is 0. The molecule has 0 amide bonds. The molecule has 64 valence electrons. The molecule has 0 aliphatic rings. The summed E-state index contributed by atoms with van der Waals surface area (Å²) in [7, 11) is 0. The molecule has 3 heteroatoms. The Labute approximate surface area is 71.7 Å². The van der Waals surface area contributed by atoms with E-state index in [1.165, 1.54) is 6.08 Å². The van der Waals surface area contributed by atoms with Gasteiger partial charge in [-0.15, -0.1) is 13.2 Å². The normalized spacial score (nSPS) is 12.4. The van der Waals surface area contributed by atoms with E-state index in [4.69, 9.17) is 0 Å². The van der Waals surface area contributed by atoms with E-state index in [1.807, 2.05) is 4.57 Å². The van der Waals surface area contributed by atoms with Crippen molar-refractivity contribution in [1.29, 1.82) is 0 Å². The minimum atomic E-state index is -0.694. The van der Waals surface area contributed by atoms with Crippen molar-refractivity contribution >= 4 is 0 Å². The predicted molar refractivity (Wildman–Crippen MR) is 47.6 cm³/mol. The van der Waals surface area contributed by atoms with E-state index in [9.17, 15) is 5.11 Å². The van der Waals surface area contributed by atoms with Gasteiger partial charge in [-0.3, -0.25) is 0 Å². The maximum atomic E-state index is 9.39. The summed E-state index contributed by atoms with van der Waals surface area (Å²) in [6.07, 6.45) is 5.94. The fourth-order valence-electron chi connectivity index (χ4n) is 0.986. The maximum absolute atomic E-state index is 9.39. The molecule has 1 aromatic heterocycles. The van der Waals surface area contributed by atoms with Gasteiger partial charge in [-0.2, -0.15) is 0 Å². The van der Waals surface area contributed by atoms with Crippen molar-refractivity contribution in [1.82, 2.24) is 9.55 Å². The Balaban J connectivity index is 2.89. The molecule has 1 rings (SSSR count). The van der Waals surface area contributed by atoms with E-state index >= 15 is 0 Å². The monoisotopic (exact) mass is 164 g/mol. The molecule has 3 nitrogen and oxygen atoms in total. The molecule has 1 N–H and O–H groups in total. The molecular weight excluding hydrogens is 152 g/mol. The van der Waals surface area contributed by atoms with Gasteiger partial charge in [-0.1, -0.05) is 12.2 Å². The molecule has 12 heavy (non-hydrogen) atoms. The topological polar surface area (TPSA) is 38.0 Å². The van der Waals surface area contributed by atoms with E-state index in [0.29, 0.717) is 12.4 Å². The lowest BCUT2D eigenvalue weighted by Crippen LogP contribution is -2.05. The third-order valence-corrected chi connectivity index (χ3v) is 1.56. The number of aliphatic hydroxyl groups excluding tert-OH is 1. The molecule has 0 aliphatic heterocycles. The predicted octanol–water partition coefficient (Wildman–Crippen LogP) is 1.29. The molecule has 1 heterocycles. The standard InChI is InChI=1S/C9H12N2O/c1-3-6-11-7-5-10-9(11)8(12)4-2/h3-5,7-8,12H,1-2,6H2. The maximum Gasteiger partial charge on any atom is 0.141 e. The van der Waals surface area contributed by atoms with Crippen LogP contribution in [0.4, 0.5) is 0 Å². The molecule has 1 unspecified atom stereocenters. The van der Waals surface area contributed by atoms with Gasteiger partial charge < -0.3 is 9.67 Å². The van der Waals surface area contributed by atoms with Crippen LogP contribution in [-0.4, -0.2) is 14.7 Å². The second-order valence-electron chi connectivity index (χ2n) is 2.41. The van der Waals surface area contributed by atoms with Crippen LogP contribution in [0.2, 0.25) is 0 Å². The van der Waals surface area contributed by atoms with Crippen LogP contribution in [0, 0.1) is 0 Å². The van der Waals surface area contributed by atoms with Gasteiger partial charge in [-0.05, 0) is 0 Å². The highest BCUT2D eigenvalue weighted by Gasteiger charge is 2.08. The third-order valence-electron chi connectivity index (χ3n) is 1.56. The Hall–Kier alpha value is -1.35. The minimum Gasteiger partial charge on any atom is -0.381 e. The molecule has 0 spiro atoms. The van der Waals surface area contributed by atoms with Crippen LogP contribution in [0.1, 0.15) is 11.9 Å². The van der Waals surface area contributed by atoms with E-state index in [-0.39, 0.29) is 0 Å². The first kappa shape index (κ1) is 8.74. The summed E-state index contributed by atoms with van der Waals surface area (Å²) in [6, 6.07) is 0. The Morgan fingerprint density at radius 3 is 3.00 bits per heavy atom. The fraction of sp³-hybridized carbons (Fsp3) is 0.222. The van der Waals surface area contributed by atoms with E-state index < -0.39 is 6.10 Å². The zero-order chi connectivity index (χ0) is 8.97. The molecular formula is C9H12N2O. The van der Waals surface area contributed by atoms with Crippen LogP contribution in [-0.2, 0) is 6.54 Å². The number of aliphatic hydroxyl groups is 1. The van der Waals surface area contributed by atoms with E-state index in [2.05, 4.69) is 18.1 Å². The zero-order valence-corrected chi connectivity index (χ0v) is 6.85. The summed E-state index contributed by atoms with van der Waals surface area (Å²) in [5.74, 6) is 0.602. The molecule has 0 radical (unpaired) electrons. The molecule has 1 aromatic rings. The number of hydrogen-bond acceptors (Lipinski definition) is 2. The lowest BCUT2D eigenvalue weighted by Gasteiger charge is -2.06. The second kappa shape index (κ2) is 3.88. The van der Waals surface area contributed by atoms with Crippen molar-refractivity contribution in [2.24, 2.45) is 0 Å². The first-order valence-electron chi connectivity index (χ1n) is 3.72. The lowest BCUT2D eigenvalue weighted by molar-refractivity contribution is 0.214. The van der Waals surface area contributed by atoms with Gasteiger partial charge in [0.05, 0.1) is 0 Å². The van der Waals surface area contributed by atoms with E-state index in [0.717, 1.165) is 0 Å². The average molecular weight is 164 g/mol. The Morgan fingerprint density at radius 1 is 1.67 bits per heavy atom. The Morgan fingerprint density at radius 2 is 2.42 bits per heavy atom. The van der Waals surface area contributed by atoms with Crippen molar-refractivity contribution < 1.29 is 5.11 Å². The summed E-state index contributed by atoms with van der Waals surface area (Å²) in [4.78, 5) is 4.00. The Kier molecular flexibility index (Phi) is 2.82. The van der Waals surface area contributed by atoms with Gasteiger partial charge in [0.25, 0.3) is 0 Å². The number of hydrogen-bond donors (Lipinski definition) is 1. The van der Waals surface area contributed by atoms with Gasteiger partial charge in [0.1, 0.15) is 11.9 Å². The summed E-state index contributed by atoms with van der Waals surface area (Å²) in [5.41, 5.74) is 0. The molecule has 0 aromatic carbocycles. The van der Waals surface area contributed by atoms with Crippen LogP contribution in [0.25, 0.3) is 0 Å². The largest absolute Gasteiger partial charge is 0.381 e. The summed E-state index contributed by atoms with van der Waals surface area (Å²) in [5, 5.41) is 9.39. The highest BCUT2D eigenvalue weighted by molar-refractivity contribution is 5.03. The lowest BCUT2D eigenvalue weighted by atomic mass is 10.3. The SMILES string of the molecule is C=CCn1ccnc1C(O)C=C. The van der Waals surface area contributed by atoms with Gasteiger partial charge in [0, 0.05) is 18.9 Å². The summed E-state index contributed by atoms with van der Waals surface area (Å²) in [6.45, 7) is 7.75. The summed E-state index contributed by atoms with van der Waals surface area (Å²) < 4.78 is 1.82. The van der Waals surface area contributed by atoms with Crippen molar-refractivity contribution in [3.8, 4) is 0 Å². The van der Waals surface area contributed by atoms with Crippen molar-refractivity contribution in [2.45, 2.75) is 12.6 Å². The van der Waals surface area contributed by atoms with Crippen molar-refractivity contribution in [3.63, 3.8) is 0 Å². The first-order chi connectivity index (χ1) is 5.79. The van der Waals surface area contributed by atoms with Gasteiger partial charge >= 0.3 is 0 Å². The van der Waals surface area contributed by atoms with Gasteiger partial charge in [0.15, 0.2) is 0 Å². The number of allylic oxidation sites excluding steroid dienone is 1. The fourth-order valence-corrected chi connectivity index (χ4v) is 0.986. The van der Waals surface area contributed by atoms with Crippen molar-refractivity contribution in [3.05, 3.63) is 43.5 Å². The second-order valence-corrected chi connectivity index (χ2v) is 2.41. The molecule has 0 bridgehead atoms. The highest BCUT2D eigenvalue weighted by atomic mass is 16.3. The van der Waals surface area contributed by atoms with Crippen LogP contribution in [0.3, 0.4) is 0 Å². The molecule has 0 aliphatic carbocycles. The smallest absolute Gasteiger partial charge is 0.141 e. The first-order valence-corrected chi connectivity index (χ1v) is 3.72. The Bertz CT molecular complexity index is 278. The molecule has 1 atom stereocenters. The number of nitrogens with zero attached hydrogens (tertiary/aromatic N) is 2. The average Bonchev–Trinajstić information content (AvgIpc) is 2.52. The zero-order valence-electron chi connectivity index (χ0n) is 6.85. The molecule has 0 saturated carbocycles.